The molecule has 0 aromatic carbocycles. The third-order valence-electron chi connectivity index (χ3n) is 2.45. The minimum atomic E-state index is -0.196. The van der Waals surface area contributed by atoms with Crippen LogP contribution < -0.4 is 5.73 Å². The standard InChI is InChI=1S/C10H20N2O2/c1-8(2)14-10(13)12-5-3-4-9(6-11)7-12/h8-9H,3-7,11H2,1-2H3. The van der Waals surface area contributed by atoms with Gasteiger partial charge in [0.25, 0.3) is 0 Å². The Bertz CT molecular complexity index is 195. The molecule has 0 bridgehead atoms. The molecule has 1 aliphatic heterocycles. The van der Waals surface area contributed by atoms with Crippen LogP contribution in [0, 0.1) is 5.92 Å². The number of likely N-dealkylation sites (tertiary alicyclic amines) is 1. The van der Waals surface area contributed by atoms with E-state index in [4.69, 9.17) is 10.5 Å². The van der Waals surface area contributed by atoms with Crippen molar-refractivity contribution in [3.8, 4) is 0 Å². The van der Waals surface area contributed by atoms with Crippen LogP contribution in [0.5, 0.6) is 0 Å². The lowest BCUT2D eigenvalue weighted by molar-refractivity contribution is 0.0633. The molecule has 4 nitrogen and oxygen atoms in total. The van der Waals surface area contributed by atoms with E-state index in [1.807, 2.05) is 13.8 Å². The fourth-order valence-electron chi connectivity index (χ4n) is 1.70. The van der Waals surface area contributed by atoms with Gasteiger partial charge < -0.3 is 15.4 Å². The zero-order valence-electron chi connectivity index (χ0n) is 9.03. The Morgan fingerprint density at radius 3 is 2.93 bits per heavy atom. The quantitative estimate of drug-likeness (QED) is 0.728. The van der Waals surface area contributed by atoms with Gasteiger partial charge in [-0.25, -0.2) is 4.79 Å². The number of piperidine rings is 1. The van der Waals surface area contributed by atoms with Crippen molar-refractivity contribution < 1.29 is 9.53 Å². The summed E-state index contributed by atoms with van der Waals surface area (Å²) >= 11 is 0. The minimum Gasteiger partial charge on any atom is -0.447 e. The summed E-state index contributed by atoms with van der Waals surface area (Å²) in [5, 5.41) is 0. The Balaban J connectivity index is 2.39. The summed E-state index contributed by atoms with van der Waals surface area (Å²) in [7, 11) is 0. The van der Waals surface area contributed by atoms with E-state index in [9.17, 15) is 4.79 Å². The first-order valence-electron chi connectivity index (χ1n) is 5.29. The second-order valence-electron chi connectivity index (χ2n) is 4.12. The first-order chi connectivity index (χ1) is 6.63. The Kier molecular flexibility index (Phi) is 4.20. The van der Waals surface area contributed by atoms with Crippen LogP contribution in [0.2, 0.25) is 0 Å². The van der Waals surface area contributed by atoms with Crippen molar-refractivity contribution in [2.24, 2.45) is 11.7 Å². The topological polar surface area (TPSA) is 55.6 Å². The number of ether oxygens (including phenoxy) is 1. The van der Waals surface area contributed by atoms with Crippen LogP contribution in [0.3, 0.4) is 0 Å². The predicted octanol–water partition coefficient (Wildman–Crippen LogP) is 1.20. The number of carbonyl (C=O) groups excluding carboxylic acids is 1. The van der Waals surface area contributed by atoms with Gasteiger partial charge in [-0.1, -0.05) is 0 Å². The van der Waals surface area contributed by atoms with Gasteiger partial charge in [0, 0.05) is 13.1 Å². The van der Waals surface area contributed by atoms with Crippen molar-refractivity contribution in [3.63, 3.8) is 0 Å². The van der Waals surface area contributed by atoms with Crippen LogP contribution in [0.25, 0.3) is 0 Å². The van der Waals surface area contributed by atoms with Crippen molar-refractivity contribution in [3.05, 3.63) is 0 Å². The number of hydrogen-bond acceptors (Lipinski definition) is 3. The van der Waals surface area contributed by atoms with Gasteiger partial charge in [-0.2, -0.15) is 0 Å². The van der Waals surface area contributed by atoms with E-state index in [0.717, 1.165) is 25.9 Å². The number of rotatable bonds is 2. The molecule has 1 unspecified atom stereocenters. The van der Waals surface area contributed by atoms with E-state index >= 15 is 0 Å². The van der Waals surface area contributed by atoms with Gasteiger partial charge in [0.2, 0.25) is 0 Å². The van der Waals surface area contributed by atoms with Gasteiger partial charge in [0.1, 0.15) is 0 Å². The number of nitrogens with two attached hydrogens (primary N) is 1. The molecular weight excluding hydrogens is 180 g/mol. The molecule has 2 N–H and O–H groups in total. The lowest BCUT2D eigenvalue weighted by Crippen LogP contribution is -2.42. The maximum atomic E-state index is 11.5. The van der Waals surface area contributed by atoms with Crippen LogP contribution in [0.1, 0.15) is 26.7 Å². The number of hydrogen-bond donors (Lipinski definition) is 1. The lowest BCUT2D eigenvalue weighted by Gasteiger charge is -2.31. The molecule has 14 heavy (non-hydrogen) atoms. The Hall–Kier alpha value is -0.770. The van der Waals surface area contributed by atoms with Crippen molar-refractivity contribution in [1.29, 1.82) is 0 Å². The fraction of sp³-hybridized carbons (Fsp3) is 0.900. The summed E-state index contributed by atoms with van der Waals surface area (Å²) in [4.78, 5) is 13.3. The van der Waals surface area contributed by atoms with Crippen LogP contribution >= 0.6 is 0 Å². The highest BCUT2D eigenvalue weighted by atomic mass is 16.6. The highest BCUT2D eigenvalue weighted by Crippen LogP contribution is 2.16. The molecule has 1 saturated heterocycles. The van der Waals surface area contributed by atoms with Gasteiger partial charge in [0.15, 0.2) is 0 Å². The molecule has 1 fully saturated rings. The van der Waals surface area contributed by atoms with Crippen molar-refractivity contribution in [2.75, 3.05) is 19.6 Å². The molecule has 0 aromatic heterocycles. The van der Waals surface area contributed by atoms with Crippen LogP contribution in [-0.2, 0) is 4.74 Å². The lowest BCUT2D eigenvalue weighted by atomic mass is 9.99. The van der Waals surface area contributed by atoms with E-state index in [0.29, 0.717) is 12.5 Å². The molecule has 82 valence electrons. The van der Waals surface area contributed by atoms with E-state index < -0.39 is 0 Å². The summed E-state index contributed by atoms with van der Waals surface area (Å²) in [5.41, 5.74) is 5.59. The van der Waals surface area contributed by atoms with Crippen LogP contribution in [0.15, 0.2) is 0 Å². The molecule has 0 radical (unpaired) electrons. The summed E-state index contributed by atoms with van der Waals surface area (Å²) in [6.07, 6.45) is 1.93. The summed E-state index contributed by atoms with van der Waals surface area (Å²) in [6, 6.07) is 0. The Morgan fingerprint density at radius 2 is 2.36 bits per heavy atom. The second-order valence-corrected chi connectivity index (χ2v) is 4.12. The maximum absolute atomic E-state index is 11.5. The van der Waals surface area contributed by atoms with E-state index in [2.05, 4.69) is 0 Å². The third kappa shape index (κ3) is 3.18. The highest BCUT2D eigenvalue weighted by molar-refractivity contribution is 5.67. The molecule has 0 spiro atoms. The smallest absolute Gasteiger partial charge is 0.410 e. The monoisotopic (exact) mass is 200 g/mol. The predicted molar refractivity (Wildman–Crippen MR) is 55.0 cm³/mol. The van der Waals surface area contributed by atoms with Crippen LogP contribution in [-0.4, -0.2) is 36.7 Å². The van der Waals surface area contributed by atoms with Crippen molar-refractivity contribution >= 4 is 6.09 Å². The Morgan fingerprint density at radius 1 is 1.64 bits per heavy atom. The highest BCUT2D eigenvalue weighted by Gasteiger charge is 2.23. The summed E-state index contributed by atoms with van der Waals surface area (Å²) in [5.74, 6) is 0.448. The molecule has 0 aliphatic carbocycles. The SMILES string of the molecule is CC(C)OC(=O)N1CCCC(CN)C1. The minimum absolute atomic E-state index is 0.0410. The normalized spacial score (nSPS) is 22.6. The molecule has 1 amide bonds. The van der Waals surface area contributed by atoms with E-state index in [1.54, 1.807) is 4.90 Å². The number of nitrogens with zero attached hydrogens (tertiary/aromatic N) is 1. The van der Waals surface area contributed by atoms with Crippen molar-refractivity contribution in [1.82, 2.24) is 4.90 Å². The number of amides is 1. The first-order valence-corrected chi connectivity index (χ1v) is 5.29. The van der Waals surface area contributed by atoms with Gasteiger partial charge in [0.05, 0.1) is 6.10 Å². The van der Waals surface area contributed by atoms with E-state index in [-0.39, 0.29) is 12.2 Å². The molecule has 0 aromatic rings. The molecule has 4 heteroatoms. The Labute approximate surface area is 85.4 Å². The first kappa shape index (κ1) is 11.3. The second kappa shape index (κ2) is 5.20. The zero-order chi connectivity index (χ0) is 10.6. The number of carbonyl (C=O) groups is 1. The average molecular weight is 200 g/mol. The largest absolute Gasteiger partial charge is 0.447 e. The van der Waals surface area contributed by atoms with Gasteiger partial charge in [-0.15, -0.1) is 0 Å². The fourth-order valence-corrected chi connectivity index (χ4v) is 1.70. The van der Waals surface area contributed by atoms with Crippen LogP contribution in [0.4, 0.5) is 4.79 Å². The third-order valence-corrected chi connectivity index (χ3v) is 2.45. The van der Waals surface area contributed by atoms with Gasteiger partial charge in [-0.05, 0) is 39.2 Å². The summed E-state index contributed by atoms with van der Waals surface area (Å²) < 4.78 is 5.13. The van der Waals surface area contributed by atoms with Gasteiger partial charge in [-0.3, -0.25) is 0 Å². The zero-order valence-corrected chi connectivity index (χ0v) is 9.03. The molecule has 1 heterocycles. The molecule has 1 atom stereocenters. The molecule has 1 rings (SSSR count). The maximum Gasteiger partial charge on any atom is 0.410 e. The molecule has 0 saturated carbocycles. The molecular formula is C10H20N2O2. The summed E-state index contributed by atoms with van der Waals surface area (Å²) in [6.45, 7) is 5.94. The van der Waals surface area contributed by atoms with E-state index in [1.165, 1.54) is 0 Å². The van der Waals surface area contributed by atoms with Gasteiger partial charge >= 0.3 is 6.09 Å². The average Bonchev–Trinajstić information content (AvgIpc) is 2.17. The molecule has 1 aliphatic rings. The van der Waals surface area contributed by atoms with Crippen molar-refractivity contribution in [2.45, 2.75) is 32.8 Å².